The molecule has 0 spiro atoms. The topological polar surface area (TPSA) is 43.4 Å². The van der Waals surface area contributed by atoms with Gasteiger partial charge in [-0.1, -0.05) is 19.9 Å². The fraction of sp³-hybridized carbons (Fsp3) is 0.400. The van der Waals surface area contributed by atoms with Gasteiger partial charge in [-0.15, -0.1) is 0 Å². The molecule has 0 aromatic carbocycles. The van der Waals surface area contributed by atoms with Crippen molar-refractivity contribution >= 4 is 11.6 Å². The van der Waals surface area contributed by atoms with Crippen molar-refractivity contribution in [2.24, 2.45) is 0 Å². The maximum atomic E-state index is 4.73. The number of allylic oxidation sites excluding steroid dienone is 2. The average molecular weight is 271 g/mol. The lowest BCUT2D eigenvalue weighted by Gasteiger charge is -2.23. The summed E-state index contributed by atoms with van der Waals surface area (Å²) in [5.41, 5.74) is 9.26. The molecule has 0 aliphatic carbocycles. The van der Waals surface area contributed by atoms with E-state index in [4.69, 9.17) is 4.98 Å². The van der Waals surface area contributed by atoms with E-state index in [9.17, 15) is 0 Å². The SMILES string of the molecule is CCC1=CCN(c2cccc(N3CC=C(CC)N3)n2)N1. The van der Waals surface area contributed by atoms with E-state index in [1.807, 2.05) is 12.1 Å². The van der Waals surface area contributed by atoms with Crippen LogP contribution in [0.15, 0.2) is 41.7 Å². The number of hydrogen-bond acceptors (Lipinski definition) is 5. The van der Waals surface area contributed by atoms with E-state index in [2.05, 4.69) is 52.9 Å². The van der Waals surface area contributed by atoms with Crippen molar-refractivity contribution in [2.45, 2.75) is 26.7 Å². The molecule has 2 N–H and O–H groups in total. The van der Waals surface area contributed by atoms with E-state index in [-0.39, 0.29) is 0 Å². The molecule has 2 aliphatic heterocycles. The van der Waals surface area contributed by atoms with Crippen LogP contribution in [0.3, 0.4) is 0 Å². The molecule has 5 nitrogen and oxygen atoms in total. The zero-order chi connectivity index (χ0) is 13.9. The quantitative estimate of drug-likeness (QED) is 0.880. The molecule has 0 fully saturated rings. The van der Waals surface area contributed by atoms with Crippen LogP contribution in [0.5, 0.6) is 0 Å². The molecule has 0 unspecified atom stereocenters. The molecular formula is C15H21N5. The first-order valence-electron chi connectivity index (χ1n) is 7.23. The molecule has 3 rings (SSSR count). The number of hydrazine groups is 2. The Bertz CT molecular complexity index is 504. The molecule has 1 aromatic rings. The molecule has 1 aromatic heterocycles. The van der Waals surface area contributed by atoms with Crippen LogP contribution in [0, 0.1) is 0 Å². The third kappa shape index (κ3) is 2.43. The van der Waals surface area contributed by atoms with Crippen molar-refractivity contribution in [3.63, 3.8) is 0 Å². The number of hydrogen-bond donors (Lipinski definition) is 2. The highest BCUT2D eigenvalue weighted by molar-refractivity contribution is 5.50. The Labute approximate surface area is 119 Å². The minimum atomic E-state index is 0.867. The van der Waals surface area contributed by atoms with Crippen LogP contribution < -0.4 is 20.9 Å². The van der Waals surface area contributed by atoms with Crippen LogP contribution in [-0.2, 0) is 0 Å². The number of pyridine rings is 1. The van der Waals surface area contributed by atoms with Gasteiger partial charge in [-0.05, 0) is 37.1 Å². The summed E-state index contributed by atoms with van der Waals surface area (Å²) >= 11 is 0. The van der Waals surface area contributed by atoms with Gasteiger partial charge in [0, 0.05) is 11.4 Å². The molecule has 0 saturated heterocycles. The highest BCUT2D eigenvalue weighted by Gasteiger charge is 2.17. The normalized spacial score (nSPS) is 17.7. The van der Waals surface area contributed by atoms with Gasteiger partial charge >= 0.3 is 0 Å². The molecule has 5 heteroatoms. The average Bonchev–Trinajstić information content (AvgIpc) is 3.16. The van der Waals surface area contributed by atoms with Crippen LogP contribution >= 0.6 is 0 Å². The molecule has 106 valence electrons. The lowest BCUT2D eigenvalue weighted by atomic mass is 10.3. The second-order valence-electron chi connectivity index (χ2n) is 4.96. The zero-order valence-corrected chi connectivity index (χ0v) is 12.1. The third-order valence-electron chi connectivity index (χ3n) is 3.63. The first-order chi connectivity index (χ1) is 9.80. The molecule has 20 heavy (non-hydrogen) atoms. The molecular weight excluding hydrogens is 250 g/mol. The summed E-state index contributed by atoms with van der Waals surface area (Å²) in [7, 11) is 0. The van der Waals surface area contributed by atoms with E-state index < -0.39 is 0 Å². The smallest absolute Gasteiger partial charge is 0.149 e. The van der Waals surface area contributed by atoms with Crippen molar-refractivity contribution < 1.29 is 0 Å². The van der Waals surface area contributed by atoms with Crippen LogP contribution in [0.4, 0.5) is 11.6 Å². The van der Waals surface area contributed by atoms with Gasteiger partial charge in [0.1, 0.15) is 11.6 Å². The second kappa shape index (κ2) is 5.45. The van der Waals surface area contributed by atoms with Gasteiger partial charge in [-0.3, -0.25) is 10.0 Å². The largest absolute Gasteiger partial charge is 0.301 e. The highest BCUT2D eigenvalue weighted by Crippen LogP contribution is 2.21. The fourth-order valence-electron chi connectivity index (χ4n) is 2.39. The van der Waals surface area contributed by atoms with Gasteiger partial charge in [-0.2, -0.15) is 0 Å². The molecule has 0 saturated carbocycles. The summed E-state index contributed by atoms with van der Waals surface area (Å²) < 4.78 is 0. The molecule has 2 aliphatic rings. The predicted molar refractivity (Wildman–Crippen MR) is 81.9 cm³/mol. The molecule has 3 heterocycles. The Balaban J connectivity index is 1.71. The second-order valence-corrected chi connectivity index (χ2v) is 4.96. The summed E-state index contributed by atoms with van der Waals surface area (Å²) in [6.07, 6.45) is 6.46. The fourth-order valence-corrected chi connectivity index (χ4v) is 2.39. The van der Waals surface area contributed by atoms with Crippen molar-refractivity contribution in [1.82, 2.24) is 15.8 Å². The van der Waals surface area contributed by atoms with Crippen molar-refractivity contribution in [3.8, 4) is 0 Å². The van der Waals surface area contributed by atoms with Crippen molar-refractivity contribution in [3.05, 3.63) is 41.7 Å². The molecule has 0 bridgehead atoms. The van der Waals surface area contributed by atoms with Crippen molar-refractivity contribution in [1.29, 1.82) is 0 Å². The Morgan fingerprint density at radius 3 is 1.85 bits per heavy atom. The lowest BCUT2D eigenvalue weighted by Crippen LogP contribution is -2.35. The minimum absolute atomic E-state index is 0.867. The monoisotopic (exact) mass is 271 g/mol. The van der Waals surface area contributed by atoms with E-state index in [1.165, 1.54) is 11.4 Å². The summed E-state index contributed by atoms with van der Waals surface area (Å²) in [5, 5.41) is 4.15. The summed E-state index contributed by atoms with van der Waals surface area (Å²) in [4.78, 5) is 4.73. The molecule has 0 amide bonds. The number of anilines is 2. The summed E-state index contributed by atoms with van der Waals surface area (Å²) in [6, 6.07) is 6.12. The molecule has 0 atom stereocenters. The first-order valence-corrected chi connectivity index (χ1v) is 7.23. The minimum Gasteiger partial charge on any atom is -0.301 e. The van der Waals surface area contributed by atoms with Crippen LogP contribution in [0.2, 0.25) is 0 Å². The van der Waals surface area contributed by atoms with Gasteiger partial charge in [-0.25, -0.2) is 4.98 Å². The summed E-state index contributed by atoms with van der Waals surface area (Å²) in [5.74, 6) is 1.91. The van der Waals surface area contributed by atoms with Crippen molar-refractivity contribution in [2.75, 3.05) is 23.1 Å². The number of rotatable bonds is 4. The Hall–Kier alpha value is -2.17. The lowest BCUT2D eigenvalue weighted by molar-refractivity contribution is 0.744. The van der Waals surface area contributed by atoms with E-state index in [0.29, 0.717) is 0 Å². The Kier molecular flexibility index (Phi) is 3.50. The van der Waals surface area contributed by atoms with E-state index in [0.717, 1.165) is 37.6 Å². The number of nitrogens with one attached hydrogen (secondary N) is 2. The third-order valence-corrected chi connectivity index (χ3v) is 3.63. The van der Waals surface area contributed by atoms with Crippen LogP contribution in [-0.4, -0.2) is 18.1 Å². The predicted octanol–water partition coefficient (Wildman–Crippen LogP) is 2.32. The zero-order valence-electron chi connectivity index (χ0n) is 12.1. The number of nitrogens with zero attached hydrogens (tertiary/aromatic N) is 3. The van der Waals surface area contributed by atoms with Gasteiger partial charge < -0.3 is 10.9 Å². The highest BCUT2D eigenvalue weighted by atomic mass is 15.6. The maximum absolute atomic E-state index is 4.73. The van der Waals surface area contributed by atoms with Crippen LogP contribution in [0.1, 0.15) is 26.7 Å². The first kappa shape index (κ1) is 12.8. The van der Waals surface area contributed by atoms with Gasteiger partial charge in [0.2, 0.25) is 0 Å². The standard InChI is InChI=1S/C15H21N5/c1-3-12-8-10-19(17-12)14-6-5-7-15(16-14)20-11-9-13(4-2)18-20/h5-9,17-18H,3-4,10-11H2,1-2H3. The molecule has 0 radical (unpaired) electrons. The van der Waals surface area contributed by atoms with Gasteiger partial charge in [0.15, 0.2) is 0 Å². The van der Waals surface area contributed by atoms with E-state index >= 15 is 0 Å². The number of aromatic nitrogens is 1. The Morgan fingerprint density at radius 1 is 0.950 bits per heavy atom. The Morgan fingerprint density at radius 2 is 1.45 bits per heavy atom. The van der Waals surface area contributed by atoms with Gasteiger partial charge in [0.25, 0.3) is 0 Å². The maximum Gasteiger partial charge on any atom is 0.149 e. The van der Waals surface area contributed by atoms with Crippen LogP contribution in [0.25, 0.3) is 0 Å². The van der Waals surface area contributed by atoms with Gasteiger partial charge in [0.05, 0.1) is 13.1 Å². The van der Waals surface area contributed by atoms with E-state index in [1.54, 1.807) is 0 Å². The summed E-state index contributed by atoms with van der Waals surface area (Å²) in [6.45, 7) is 6.04.